The molecule has 1 unspecified atom stereocenters. The molecule has 0 aliphatic carbocycles. The maximum absolute atomic E-state index is 12.6. The number of benzene rings is 2. The number of rotatable bonds is 5. The number of para-hydroxylation sites is 1. The fraction of sp³-hybridized carbons (Fsp3) is 0.222. The van der Waals surface area contributed by atoms with Gasteiger partial charge in [0.15, 0.2) is 0 Å². The zero-order valence-electron chi connectivity index (χ0n) is 14.3. The number of aromatic nitrogens is 2. The smallest absolute Gasteiger partial charge is 0.312 e. The Balaban J connectivity index is 1.46. The number of nitrogens with zero attached hydrogens (tertiary/aromatic N) is 1. The summed E-state index contributed by atoms with van der Waals surface area (Å²) in [5.41, 5.74) is 1.39. The fourth-order valence-electron chi connectivity index (χ4n) is 3.27. The van der Waals surface area contributed by atoms with Crippen LogP contribution >= 0.6 is 0 Å². The Hall–Kier alpha value is -2.91. The van der Waals surface area contributed by atoms with Crippen molar-refractivity contribution in [3.63, 3.8) is 0 Å². The van der Waals surface area contributed by atoms with Crippen LogP contribution in [0.4, 0.5) is 5.69 Å². The van der Waals surface area contributed by atoms with E-state index in [1.807, 2.05) is 30.3 Å². The van der Waals surface area contributed by atoms with Crippen LogP contribution in [0.3, 0.4) is 0 Å². The van der Waals surface area contributed by atoms with Crippen molar-refractivity contribution in [3.05, 3.63) is 59.0 Å². The van der Waals surface area contributed by atoms with E-state index < -0.39 is 15.7 Å². The molecule has 4 rings (SSSR count). The predicted octanol–water partition coefficient (Wildman–Crippen LogP) is 1.19. The fourth-order valence-corrected chi connectivity index (χ4v) is 4.41. The van der Waals surface area contributed by atoms with Gasteiger partial charge >= 0.3 is 5.69 Å². The van der Waals surface area contributed by atoms with Crippen molar-refractivity contribution in [1.82, 2.24) is 14.7 Å². The Bertz CT molecular complexity index is 1150. The van der Waals surface area contributed by atoms with E-state index in [9.17, 15) is 18.0 Å². The summed E-state index contributed by atoms with van der Waals surface area (Å²) in [5.74, 6) is -0.125. The molecule has 1 amide bonds. The molecule has 1 aliphatic heterocycles. The van der Waals surface area contributed by atoms with Crippen molar-refractivity contribution < 1.29 is 13.2 Å². The number of nitrogens with one attached hydrogen (secondary N) is 3. The summed E-state index contributed by atoms with van der Waals surface area (Å²) in [5, 5.41) is 0. The highest BCUT2D eigenvalue weighted by Crippen LogP contribution is 2.25. The summed E-state index contributed by atoms with van der Waals surface area (Å²) < 4.78 is 27.7. The SMILES string of the molecule is O=C1CC(CNS(=O)(=O)c2ccc3[nH]c(=O)[nH]c3c2)CN1c1ccccc1. The highest BCUT2D eigenvalue weighted by molar-refractivity contribution is 7.89. The van der Waals surface area contributed by atoms with Gasteiger partial charge in [0.2, 0.25) is 15.9 Å². The molecule has 1 fully saturated rings. The van der Waals surface area contributed by atoms with Gasteiger partial charge in [0.05, 0.1) is 15.9 Å². The topological polar surface area (TPSA) is 115 Å². The maximum atomic E-state index is 12.6. The molecule has 1 saturated heterocycles. The summed E-state index contributed by atoms with van der Waals surface area (Å²) in [6.45, 7) is 0.634. The van der Waals surface area contributed by atoms with Gasteiger partial charge in [-0.15, -0.1) is 0 Å². The van der Waals surface area contributed by atoms with E-state index in [-0.39, 0.29) is 23.3 Å². The Morgan fingerprint density at radius 3 is 2.56 bits per heavy atom. The maximum Gasteiger partial charge on any atom is 0.323 e. The monoisotopic (exact) mass is 386 g/mol. The average Bonchev–Trinajstić information content (AvgIpc) is 3.21. The lowest BCUT2D eigenvalue weighted by Gasteiger charge is -2.17. The lowest BCUT2D eigenvalue weighted by Crippen LogP contribution is -2.31. The average molecular weight is 386 g/mol. The highest BCUT2D eigenvalue weighted by Gasteiger charge is 2.31. The number of hydrogen-bond donors (Lipinski definition) is 3. The largest absolute Gasteiger partial charge is 0.323 e. The third-order valence-electron chi connectivity index (χ3n) is 4.63. The van der Waals surface area contributed by atoms with E-state index in [4.69, 9.17) is 0 Å². The number of H-pyrrole nitrogens is 2. The van der Waals surface area contributed by atoms with Crippen molar-refractivity contribution in [2.24, 2.45) is 5.92 Å². The molecule has 1 aliphatic rings. The van der Waals surface area contributed by atoms with Crippen molar-refractivity contribution in [2.45, 2.75) is 11.3 Å². The van der Waals surface area contributed by atoms with Crippen LogP contribution in [0.1, 0.15) is 6.42 Å². The van der Waals surface area contributed by atoms with Gasteiger partial charge in [-0.2, -0.15) is 0 Å². The van der Waals surface area contributed by atoms with Crippen LogP contribution in [-0.2, 0) is 14.8 Å². The molecule has 3 aromatic rings. The number of fused-ring (bicyclic) bond motifs is 1. The summed E-state index contributed by atoms with van der Waals surface area (Å²) in [4.78, 5) is 30.4. The molecule has 9 heteroatoms. The van der Waals surface area contributed by atoms with Crippen molar-refractivity contribution in [1.29, 1.82) is 0 Å². The summed E-state index contributed by atoms with van der Waals surface area (Å²) >= 11 is 0. The van der Waals surface area contributed by atoms with Gasteiger partial charge in [-0.3, -0.25) is 4.79 Å². The zero-order chi connectivity index (χ0) is 19.0. The number of anilines is 1. The standard InChI is InChI=1S/C18H18N4O4S/c23-17-8-12(11-22(17)13-4-2-1-3-5-13)10-19-27(25,26)14-6-7-15-16(9-14)21-18(24)20-15/h1-7,9,12,19H,8,10-11H2,(H2,20,21,24). The van der Waals surface area contributed by atoms with Gasteiger partial charge in [-0.25, -0.2) is 17.9 Å². The molecule has 140 valence electrons. The molecule has 0 spiro atoms. The van der Waals surface area contributed by atoms with Crippen LogP contribution in [0.25, 0.3) is 11.0 Å². The first-order valence-corrected chi connectivity index (χ1v) is 9.98. The molecule has 0 saturated carbocycles. The van der Waals surface area contributed by atoms with Gasteiger partial charge in [0.1, 0.15) is 0 Å². The van der Waals surface area contributed by atoms with E-state index in [1.165, 1.54) is 18.2 Å². The normalized spacial score (nSPS) is 17.7. The quantitative estimate of drug-likeness (QED) is 0.611. The summed E-state index contributed by atoms with van der Waals surface area (Å²) in [6.07, 6.45) is 0.293. The van der Waals surface area contributed by atoms with Crippen molar-refractivity contribution >= 4 is 32.7 Å². The van der Waals surface area contributed by atoms with Crippen LogP contribution < -0.4 is 15.3 Å². The van der Waals surface area contributed by atoms with Gasteiger partial charge in [-0.05, 0) is 36.2 Å². The molecule has 0 bridgehead atoms. The molecule has 0 radical (unpaired) electrons. The molecule has 27 heavy (non-hydrogen) atoms. The second kappa shape index (κ2) is 6.67. The number of carbonyl (C=O) groups excluding carboxylic acids is 1. The molecular weight excluding hydrogens is 368 g/mol. The van der Waals surface area contributed by atoms with Crippen LogP contribution in [0.2, 0.25) is 0 Å². The third kappa shape index (κ3) is 3.51. The number of amides is 1. The lowest BCUT2D eigenvalue weighted by molar-refractivity contribution is -0.117. The number of hydrogen-bond acceptors (Lipinski definition) is 4. The van der Waals surface area contributed by atoms with E-state index in [2.05, 4.69) is 14.7 Å². The van der Waals surface area contributed by atoms with Crippen molar-refractivity contribution in [2.75, 3.05) is 18.0 Å². The second-order valence-corrected chi connectivity index (χ2v) is 8.32. The van der Waals surface area contributed by atoms with Crippen LogP contribution in [0.5, 0.6) is 0 Å². The number of imidazole rings is 1. The van der Waals surface area contributed by atoms with E-state index >= 15 is 0 Å². The van der Waals surface area contributed by atoms with E-state index in [0.29, 0.717) is 24.0 Å². The lowest BCUT2D eigenvalue weighted by atomic mass is 10.1. The zero-order valence-corrected chi connectivity index (χ0v) is 15.1. The first-order chi connectivity index (χ1) is 12.9. The van der Waals surface area contributed by atoms with Crippen molar-refractivity contribution in [3.8, 4) is 0 Å². The first kappa shape index (κ1) is 17.5. The number of carbonyl (C=O) groups is 1. The first-order valence-electron chi connectivity index (χ1n) is 8.49. The van der Waals surface area contributed by atoms with Crippen LogP contribution in [-0.4, -0.2) is 37.4 Å². The Morgan fingerprint density at radius 2 is 1.78 bits per heavy atom. The van der Waals surface area contributed by atoms with Gasteiger partial charge in [0.25, 0.3) is 0 Å². The summed E-state index contributed by atoms with van der Waals surface area (Å²) in [6, 6.07) is 13.7. The molecule has 8 nitrogen and oxygen atoms in total. The minimum Gasteiger partial charge on any atom is -0.312 e. The molecular formula is C18H18N4O4S. The Labute approximate surface area is 155 Å². The Kier molecular flexibility index (Phi) is 4.33. The minimum atomic E-state index is -3.75. The van der Waals surface area contributed by atoms with Crippen LogP contribution in [0, 0.1) is 5.92 Å². The van der Waals surface area contributed by atoms with E-state index in [0.717, 1.165) is 5.69 Å². The van der Waals surface area contributed by atoms with Gasteiger partial charge in [0, 0.05) is 25.2 Å². The Morgan fingerprint density at radius 1 is 1.04 bits per heavy atom. The van der Waals surface area contributed by atoms with Gasteiger partial charge in [-0.1, -0.05) is 18.2 Å². The second-order valence-electron chi connectivity index (χ2n) is 6.55. The highest BCUT2D eigenvalue weighted by atomic mass is 32.2. The molecule has 1 atom stereocenters. The minimum absolute atomic E-state index is 0.0169. The van der Waals surface area contributed by atoms with Gasteiger partial charge < -0.3 is 14.9 Å². The third-order valence-corrected chi connectivity index (χ3v) is 6.05. The number of sulfonamides is 1. The molecule has 1 aromatic heterocycles. The van der Waals surface area contributed by atoms with Crippen LogP contribution in [0.15, 0.2) is 58.2 Å². The molecule has 2 heterocycles. The number of aromatic amines is 2. The van der Waals surface area contributed by atoms with E-state index in [1.54, 1.807) is 4.90 Å². The summed E-state index contributed by atoms with van der Waals surface area (Å²) in [7, 11) is -3.75. The molecule has 3 N–H and O–H groups in total. The predicted molar refractivity (Wildman–Crippen MR) is 101 cm³/mol. The molecule has 2 aromatic carbocycles.